The van der Waals surface area contributed by atoms with E-state index in [1.54, 1.807) is 0 Å². The molecule has 3 N–H and O–H groups in total. The summed E-state index contributed by atoms with van der Waals surface area (Å²) in [6.45, 7) is 0. The maximum atomic E-state index is 10.4. The molecule has 0 aliphatic carbocycles. The molecule has 17 heavy (non-hydrogen) atoms. The number of carbonyl (C=O) groups is 2. The van der Waals surface area contributed by atoms with Gasteiger partial charge in [0.25, 0.3) is 0 Å². The first kappa shape index (κ1) is 18.0. The number of carboxylic acids is 2. The van der Waals surface area contributed by atoms with Crippen LogP contribution in [0.2, 0.25) is 0 Å². The molecule has 1 rings (SSSR count). The van der Waals surface area contributed by atoms with Crippen LogP contribution in [0.4, 0.5) is 0 Å². The quantitative estimate of drug-likeness (QED) is 0.237. The van der Waals surface area contributed by atoms with Gasteiger partial charge in [0.1, 0.15) is 0 Å². The van der Waals surface area contributed by atoms with Gasteiger partial charge in [-0.3, -0.25) is 0 Å². The fourth-order valence-electron chi connectivity index (χ4n) is 0.785. The molecule has 0 aliphatic heterocycles. The van der Waals surface area contributed by atoms with Crippen LogP contribution in [0.1, 0.15) is 20.7 Å². The van der Waals surface area contributed by atoms with E-state index in [-0.39, 0.29) is 30.0 Å². The van der Waals surface area contributed by atoms with E-state index in [0.29, 0.717) is 0 Å². The normalized spacial score (nSPS) is 8.59. The molecule has 0 aromatic heterocycles. The van der Waals surface area contributed by atoms with E-state index in [2.05, 4.69) is 0 Å². The number of hydrogen-bond donors (Lipinski definition) is 3. The Morgan fingerprint density at radius 1 is 1.00 bits per heavy atom. The van der Waals surface area contributed by atoms with Crippen LogP contribution in [0.25, 0.3) is 0 Å². The molecule has 0 bridgehead atoms. The van der Waals surface area contributed by atoms with Gasteiger partial charge in [0.05, 0.1) is 11.1 Å². The first-order valence-corrected chi connectivity index (χ1v) is 4.72. The van der Waals surface area contributed by atoms with Crippen molar-refractivity contribution in [1.29, 1.82) is 0 Å². The van der Waals surface area contributed by atoms with Crippen LogP contribution in [0, 0.1) is 0 Å². The topological polar surface area (TPSA) is 129 Å². The monoisotopic (exact) mass is 254 g/mol. The van der Waals surface area contributed by atoms with Gasteiger partial charge in [-0.1, -0.05) is 6.07 Å². The molecule has 0 amide bonds. The molecule has 0 radical (unpaired) electrons. The predicted octanol–water partition coefficient (Wildman–Crippen LogP) is -2.14. The van der Waals surface area contributed by atoms with Crippen LogP contribution in [-0.2, 0) is 19.4 Å². The van der Waals surface area contributed by atoms with Gasteiger partial charge >= 0.3 is 30.8 Å². The Labute approximate surface area is 110 Å². The van der Waals surface area contributed by atoms with Crippen molar-refractivity contribution in [3.63, 3.8) is 0 Å². The molecular weight excluding hydrogens is 247 g/mol. The van der Waals surface area contributed by atoms with Gasteiger partial charge in [-0.25, -0.2) is 9.59 Å². The fourth-order valence-corrected chi connectivity index (χ4v) is 0.785. The average Bonchev–Trinajstić information content (AvgIpc) is 2.17. The molecule has 0 saturated heterocycles. The molecule has 1 aromatic carbocycles. The summed E-state index contributed by atoms with van der Waals surface area (Å²) in [5.41, 5.74) is -0.0372. The summed E-state index contributed by atoms with van der Waals surface area (Å²) in [4.78, 5) is 20.8. The van der Waals surface area contributed by atoms with Gasteiger partial charge in [-0.2, -0.15) is 0 Å². The molecule has 88 valence electrons. The number of rotatable bonds is 2. The minimum atomic E-state index is -2.86. The first-order valence-electron chi connectivity index (χ1n) is 3.69. The van der Waals surface area contributed by atoms with Crippen molar-refractivity contribution in [2.24, 2.45) is 0 Å². The van der Waals surface area contributed by atoms with Crippen LogP contribution >= 0.6 is 0 Å². The van der Waals surface area contributed by atoms with E-state index in [1.165, 1.54) is 18.2 Å². The fraction of sp³-hybridized carbons (Fsp3) is 0. The van der Waals surface area contributed by atoms with E-state index >= 15 is 0 Å². The van der Waals surface area contributed by atoms with E-state index in [9.17, 15) is 9.59 Å². The molecule has 0 aliphatic rings. The Morgan fingerprint density at radius 2 is 1.29 bits per heavy atom. The molecule has 0 saturated carbocycles. The second kappa shape index (κ2) is 8.78. The Balaban J connectivity index is 0. The summed E-state index contributed by atoms with van der Waals surface area (Å²) in [7, 11) is -2.86. The van der Waals surface area contributed by atoms with Crippen LogP contribution in [-0.4, -0.2) is 26.7 Å². The zero-order valence-corrected chi connectivity index (χ0v) is 9.51. The van der Waals surface area contributed by atoms with Crippen molar-refractivity contribution in [3.05, 3.63) is 35.4 Å². The molecule has 1 aromatic rings. The maximum absolute atomic E-state index is 10.4. The minimum absolute atomic E-state index is 0. The van der Waals surface area contributed by atoms with E-state index in [4.69, 9.17) is 23.2 Å². The summed E-state index contributed by atoms with van der Waals surface area (Å²) in [6, 6.07) is 5.20. The van der Waals surface area contributed by atoms with Crippen molar-refractivity contribution < 1.29 is 51.6 Å². The molecule has 7 nitrogen and oxygen atoms in total. The second-order valence-electron chi connectivity index (χ2n) is 2.41. The standard InChI is InChI=1S/C8H6O4.Li.HO3S/c9-7(10)5-2-1-3-6(4-5)8(11)12;;1-4(2)3/h1-4H,(H,9,10)(H,11,12);;(H,1,2,3)/q;+1;-1. The van der Waals surface area contributed by atoms with Crippen LogP contribution in [0.3, 0.4) is 0 Å². The third-order valence-electron chi connectivity index (χ3n) is 1.36. The van der Waals surface area contributed by atoms with Crippen molar-refractivity contribution in [3.8, 4) is 0 Å². The zero-order valence-electron chi connectivity index (χ0n) is 8.69. The Morgan fingerprint density at radius 3 is 1.53 bits per heavy atom. The van der Waals surface area contributed by atoms with Gasteiger partial charge in [0.2, 0.25) is 0 Å². The molecular formula is C8H7LiO7S. The van der Waals surface area contributed by atoms with Crippen molar-refractivity contribution in [2.45, 2.75) is 0 Å². The van der Waals surface area contributed by atoms with E-state index in [0.717, 1.165) is 6.07 Å². The Hall–Kier alpha value is -1.33. The number of hydrogen-bond acceptors (Lipinski definition) is 5. The second-order valence-corrected chi connectivity index (χ2v) is 2.84. The van der Waals surface area contributed by atoms with Crippen LogP contribution in [0.5, 0.6) is 0 Å². The van der Waals surface area contributed by atoms with Crippen molar-refractivity contribution in [1.82, 2.24) is 0 Å². The zero-order chi connectivity index (χ0) is 12.7. The van der Waals surface area contributed by atoms with Gasteiger partial charge in [0, 0.05) is 11.0 Å². The molecule has 9 heteroatoms. The molecule has 0 fully saturated rings. The van der Waals surface area contributed by atoms with E-state index in [1.807, 2.05) is 0 Å². The summed E-state index contributed by atoms with van der Waals surface area (Å²) < 4.78 is 24.1. The average molecular weight is 254 g/mol. The predicted molar refractivity (Wildman–Crippen MR) is 51.7 cm³/mol. The number of benzene rings is 1. The third-order valence-corrected chi connectivity index (χ3v) is 1.36. The maximum Gasteiger partial charge on any atom is 1.00 e. The third kappa shape index (κ3) is 8.47. The Bertz CT molecular complexity index is 431. The van der Waals surface area contributed by atoms with Gasteiger partial charge in [-0.15, -0.1) is 0 Å². The summed E-state index contributed by atoms with van der Waals surface area (Å²) in [5.74, 6) is -2.25. The molecule has 0 spiro atoms. The molecule has 0 unspecified atom stereocenters. The number of aromatic carboxylic acids is 2. The number of carboxylic acid groups (broad SMARTS) is 2. The van der Waals surface area contributed by atoms with E-state index < -0.39 is 22.9 Å². The first-order chi connectivity index (χ1) is 7.34. The van der Waals surface area contributed by atoms with Gasteiger partial charge in [0.15, 0.2) is 0 Å². The summed E-state index contributed by atoms with van der Waals surface area (Å²) in [5, 5.41) is 17.0. The minimum Gasteiger partial charge on any atom is -0.478 e. The van der Waals surface area contributed by atoms with Gasteiger partial charge < -0.3 is 23.2 Å². The SMILES string of the molecule is O=C(O)c1cccc(C(=O)O)c1.O=[S-](=O)O.[Li+]. The summed E-state index contributed by atoms with van der Waals surface area (Å²) >= 11 is 0. The smallest absolute Gasteiger partial charge is 0.478 e. The molecule has 0 heterocycles. The van der Waals surface area contributed by atoms with Crippen molar-refractivity contribution >= 4 is 22.9 Å². The summed E-state index contributed by atoms with van der Waals surface area (Å²) in [6.07, 6.45) is 0. The molecule has 0 atom stereocenters. The Kier molecular flexibility index (Phi) is 9.32. The van der Waals surface area contributed by atoms with Gasteiger partial charge in [-0.05, 0) is 18.2 Å². The van der Waals surface area contributed by atoms with Crippen LogP contribution < -0.4 is 18.9 Å². The largest absolute Gasteiger partial charge is 1.00 e. The van der Waals surface area contributed by atoms with Crippen molar-refractivity contribution in [2.75, 3.05) is 0 Å². The van der Waals surface area contributed by atoms with Crippen LogP contribution in [0.15, 0.2) is 24.3 Å².